The lowest BCUT2D eigenvalue weighted by molar-refractivity contribution is -0.136. The van der Waals surface area contributed by atoms with Crippen LogP contribution >= 0.6 is 11.9 Å². The van der Waals surface area contributed by atoms with Crippen LogP contribution in [0, 0.1) is 20.8 Å². The molecule has 0 spiro atoms. The molecule has 0 amide bonds. The number of carboxylic acids is 1. The monoisotopic (exact) mass is 420 g/mol. The number of aryl methyl sites for hydroxylation is 1. The van der Waals surface area contributed by atoms with Gasteiger partial charge in [-0.1, -0.05) is 30.1 Å². The molecule has 0 bridgehead atoms. The van der Waals surface area contributed by atoms with E-state index in [9.17, 15) is 15.0 Å². The number of fused-ring (bicyclic) bond motifs is 3. The number of hydrogen-bond acceptors (Lipinski definition) is 5. The molecule has 0 saturated carbocycles. The van der Waals surface area contributed by atoms with Crippen molar-refractivity contribution in [2.45, 2.75) is 33.7 Å². The lowest BCUT2D eigenvalue weighted by Crippen LogP contribution is -2.23. The number of aromatic nitrogens is 1. The van der Waals surface area contributed by atoms with E-state index < -0.39 is 5.97 Å². The minimum absolute atomic E-state index is 0.0581. The number of carboxylic acid groups (broad SMARTS) is 1. The van der Waals surface area contributed by atoms with Crippen LogP contribution < -0.4 is 4.31 Å². The molecule has 6 heteroatoms. The van der Waals surface area contributed by atoms with Crippen LogP contribution in [0.3, 0.4) is 0 Å². The molecule has 5 nitrogen and oxygen atoms in total. The van der Waals surface area contributed by atoms with Gasteiger partial charge in [0.2, 0.25) is 0 Å². The number of anilines is 1. The molecule has 1 aliphatic heterocycles. The van der Waals surface area contributed by atoms with Crippen molar-refractivity contribution in [3.05, 3.63) is 64.5 Å². The highest BCUT2D eigenvalue weighted by Gasteiger charge is 2.30. The topological polar surface area (TPSA) is 73.7 Å². The zero-order chi connectivity index (χ0) is 21.6. The predicted octanol–water partition coefficient (Wildman–Crippen LogP) is 5.27. The molecule has 0 unspecified atom stereocenters. The fraction of sp³-hybridized carbons (Fsp3) is 0.250. The molecule has 154 valence electrons. The van der Waals surface area contributed by atoms with Crippen molar-refractivity contribution in [2.75, 3.05) is 10.6 Å². The molecule has 0 fully saturated rings. The lowest BCUT2D eigenvalue weighted by Gasteiger charge is -2.35. The smallest absolute Gasteiger partial charge is 0.307 e. The molecule has 30 heavy (non-hydrogen) atoms. The Balaban J connectivity index is 2.11. The van der Waals surface area contributed by atoms with Gasteiger partial charge in [0.25, 0.3) is 0 Å². The Morgan fingerprint density at radius 3 is 2.40 bits per heavy atom. The average molecular weight is 421 g/mol. The van der Waals surface area contributed by atoms with Gasteiger partial charge in [0, 0.05) is 23.1 Å². The third-order valence-electron chi connectivity index (χ3n) is 5.73. The van der Waals surface area contributed by atoms with Gasteiger partial charge in [0.05, 0.1) is 24.3 Å². The number of aromatic hydroxyl groups is 1. The largest absolute Gasteiger partial charge is 0.508 e. The standard InChI is InChI=1S/C24H24N2O3S/c1-13-5-10-18-20(25-13)12-26(30-4)24-14(2)19(11-21(28)29)22(15(3)23(18)24)16-6-8-17(27)9-7-16/h5-10,27H,11-12H2,1-4H3,(H,28,29). The molecule has 0 saturated heterocycles. The van der Waals surface area contributed by atoms with E-state index in [1.165, 1.54) is 0 Å². The van der Waals surface area contributed by atoms with Crippen LogP contribution in [0.25, 0.3) is 22.3 Å². The normalized spacial score (nSPS) is 12.5. The van der Waals surface area contributed by atoms with E-state index in [0.29, 0.717) is 6.54 Å². The summed E-state index contributed by atoms with van der Waals surface area (Å²) in [4.78, 5) is 16.5. The van der Waals surface area contributed by atoms with Crippen LogP contribution in [0.4, 0.5) is 5.69 Å². The second kappa shape index (κ2) is 7.69. The SMILES string of the molecule is CSN1Cc2nc(C)ccc2-c2c(C)c(-c3ccc(O)cc3)c(CC(=O)O)c(C)c21. The van der Waals surface area contributed by atoms with Gasteiger partial charge in [-0.25, -0.2) is 0 Å². The number of hydrogen-bond donors (Lipinski definition) is 2. The van der Waals surface area contributed by atoms with Crippen LogP contribution in [0.5, 0.6) is 5.75 Å². The number of nitrogens with zero attached hydrogens (tertiary/aromatic N) is 2. The van der Waals surface area contributed by atoms with E-state index in [0.717, 1.165) is 56.0 Å². The van der Waals surface area contributed by atoms with Crippen LogP contribution in [0.15, 0.2) is 36.4 Å². The van der Waals surface area contributed by atoms with Gasteiger partial charge in [0.15, 0.2) is 0 Å². The third-order valence-corrected chi connectivity index (χ3v) is 6.48. The maximum absolute atomic E-state index is 11.8. The molecule has 3 aromatic rings. The number of benzene rings is 2. The number of carbonyl (C=O) groups is 1. The molecule has 0 radical (unpaired) electrons. The quantitative estimate of drug-likeness (QED) is 0.560. The minimum atomic E-state index is -0.860. The number of rotatable bonds is 4. The first-order chi connectivity index (χ1) is 14.3. The van der Waals surface area contributed by atoms with Gasteiger partial charge in [-0.2, -0.15) is 0 Å². The molecular weight excluding hydrogens is 396 g/mol. The van der Waals surface area contributed by atoms with Crippen molar-refractivity contribution >= 4 is 23.6 Å². The Kier molecular flexibility index (Phi) is 5.20. The van der Waals surface area contributed by atoms with Gasteiger partial charge in [0.1, 0.15) is 5.75 Å². The van der Waals surface area contributed by atoms with E-state index in [1.807, 2.05) is 38.3 Å². The van der Waals surface area contributed by atoms with Crippen molar-refractivity contribution in [1.29, 1.82) is 0 Å². The molecular formula is C24H24N2O3S. The summed E-state index contributed by atoms with van der Waals surface area (Å²) in [5, 5.41) is 19.4. The maximum atomic E-state index is 11.8. The first kappa shape index (κ1) is 20.3. The van der Waals surface area contributed by atoms with Crippen molar-refractivity contribution in [3.63, 3.8) is 0 Å². The van der Waals surface area contributed by atoms with Gasteiger partial charge >= 0.3 is 5.97 Å². The Bertz CT molecular complexity index is 1160. The number of aliphatic carboxylic acids is 1. The van der Waals surface area contributed by atoms with Crippen molar-refractivity contribution in [2.24, 2.45) is 0 Å². The molecule has 2 heterocycles. The summed E-state index contributed by atoms with van der Waals surface area (Å²) in [6, 6.07) is 11.1. The summed E-state index contributed by atoms with van der Waals surface area (Å²) >= 11 is 1.62. The molecule has 4 rings (SSSR count). The van der Waals surface area contributed by atoms with E-state index >= 15 is 0 Å². The average Bonchev–Trinajstić information content (AvgIpc) is 2.71. The molecule has 0 atom stereocenters. The van der Waals surface area contributed by atoms with Gasteiger partial charge in [-0.05, 0) is 66.8 Å². The maximum Gasteiger partial charge on any atom is 0.307 e. The number of phenolic OH excluding ortho intramolecular Hbond substituents is 1. The van der Waals surface area contributed by atoms with E-state index in [-0.39, 0.29) is 12.2 Å². The van der Waals surface area contributed by atoms with Gasteiger partial charge in [-0.3, -0.25) is 9.78 Å². The summed E-state index contributed by atoms with van der Waals surface area (Å²) in [5.74, 6) is -0.675. The fourth-order valence-corrected chi connectivity index (χ4v) is 5.07. The van der Waals surface area contributed by atoms with Crippen molar-refractivity contribution in [3.8, 4) is 28.0 Å². The van der Waals surface area contributed by atoms with Crippen LogP contribution in [-0.2, 0) is 17.8 Å². The Hall–Kier alpha value is -2.99. The highest BCUT2D eigenvalue weighted by atomic mass is 32.2. The highest BCUT2D eigenvalue weighted by molar-refractivity contribution is 7.99. The summed E-state index contributed by atoms with van der Waals surface area (Å²) in [6.07, 6.45) is 1.97. The Morgan fingerprint density at radius 2 is 1.77 bits per heavy atom. The predicted molar refractivity (Wildman–Crippen MR) is 122 cm³/mol. The van der Waals surface area contributed by atoms with Crippen molar-refractivity contribution < 1.29 is 15.0 Å². The van der Waals surface area contributed by atoms with E-state index in [1.54, 1.807) is 24.1 Å². The second-order valence-corrected chi connectivity index (χ2v) is 8.42. The zero-order valence-electron chi connectivity index (χ0n) is 17.5. The van der Waals surface area contributed by atoms with Gasteiger partial charge < -0.3 is 14.5 Å². The van der Waals surface area contributed by atoms with Crippen molar-refractivity contribution in [1.82, 2.24) is 4.98 Å². The molecule has 1 aliphatic rings. The molecule has 2 N–H and O–H groups in total. The third kappa shape index (κ3) is 3.31. The summed E-state index contributed by atoms with van der Waals surface area (Å²) in [5.41, 5.74) is 9.92. The zero-order valence-corrected chi connectivity index (χ0v) is 18.3. The van der Waals surface area contributed by atoms with Gasteiger partial charge in [-0.15, -0.1) is 0 Å². The summed E-state index contributed by atoms with van der Waals surface area (Å²) < 4.78 is 2.21. The van der Waals surface area contributed by atoms with E-state index in [4.69, 9.17) is 4.98 Å². The van der Waals surface area contributed by atoms with Crippen LogP contribution in [0.2, 0.25) is 0 Å². The first-order valence-electron chi connectivity index (χ1n) is 9.77. The Morgan fingerprint density at radius 1 is 1.07 bits per heavy atom. The summed E-state index contributed by atoms with van der Waals surface area (Å²) in [6.45, 7) is 6.74. The van der Waals surface area contributed by atoms with E-state index in [2.05, 4.69) is 17.3 Å². The number of phenols is 1. The first-order valence-corrected chi connectivity index (χ1v) is 11.0. The minimum Gasteiger partial charge on any atom is -0.508 e. The summed E-state index contributed by atoms with van der Waals surface area (Å²) in [7, 11) is 0. The number of pyridine rings is 1. The second-order valence-electron chi connectivity index (χ2n) is 7.61. The fourth-order valence-electron chi connectivity index (χ4n) is 4.41. The molecule has 1 aromatic heterocycles. The molecule has 0 aliphatic carbocycles. The van der Waals surface area contributed by atoms with Crippen LogP contribution in [0.1, 0.15) is 28.1 Å². The van der Waals surface area contributed by atoms with Crippen LogP contribution in [-0.4, -0.2) is 27.4 Å². The highest BCUT2D eigenvalue weighted by Crippen LogP contribution is 2.49. The molecule has 2 aromatic carbocycles. The Labute approximate surface area is 180 Å². The lowest BCUT2D eigenvalue weighted by atomic mass is 9.82.